The molecule has 0 saturated carbocycles. The molecule has 20 heavy (non-hydrogen) atoms. The third-order valence-corrected chi connectivity index (χ3v) is 3.76. The van der Waals surface area contributed by atoms with Crippen LogP contribution in [0, 0.1) is 0 Å². The monoisotopic (exact) mass is 280 g/mol. The molecule has 2 bridgehead atoms. The molecular weight excluding hydrogens is 260 g/mol. The van der Waals surface area contributed by atoms with Crippen LogP contribution in [0.4, 0.5) is 0 Å². The second-order valence-electron chi connectivity index (χ2n) is 5.53. The van der Waals surface area contributed by atoms with Crippen molar-refractivity contribution in [3.8, 4) is 5.75 Å². The predicted molar refractivity (Wildman–Crippen MR) is 71.3 cm³/mol. The summed E-state index contributed by atoms with van der Waals surface area (Å²) in [7, 11) is 0. The molecule has 2 aliphatic rings. The number of hydrogen-bond acceptors (Lipinski definition) is 5. The molecule has 2 saturated heterocycles. The highest BCUT2D eigenvalue weighted by Crippen LogP contribution is 2.47. The SMILES string of the molecule is CCOc1ccc([C@H]2O[C@]3(C)CO[C@@](C)(O3)[C@H]2O)cc1. The van der Waals surface area contributed by atoms with Crippen LogP contribution in [0.15, 0.2) is 24.3 Å². The molecule has 0 aliphatic carbocycles. The fourth-order valence-corrected chi connectivity index (χ4v) is 2.74. The van der Waals surface area contributed by atoms with Crippen molar-refractivity contribution in [1.82, 2.24) is 0 Å². The van der Waals surface area contributed by atoms with Crippen molar-refractivity contribution in [3.05, 3.63) is 29.8 Å². The third kappa shape index (κ3) is 2.20. The second-order valence-corrected chi connectivity index (χ2v) is 5.53. The molecule has 2 aliphatic heterocycles. The number of aliphatic hydroxyl groups is 1. The molecule has 1 aromatic rings. The zero-order chi connectivity index (χ0) is 14.4. The topological polar surface area (TPSA) is 57.2 Å². The van der Waals surface area contributed by atoms with E-state index in [1.54, 1.807) is 6.92 Å². The first-order chi connectivity index (χ1) is 9.46. The molecule has 0 aromatic heterocycles. The Labute approximate surface area is 118 Å². The first kappa shape index (κ1) is 13.8. The number of rotatable bonds is 3. The molecule has 110 valence electrons. The van der Waals surface area contributed by atoms with Gasteiger partial charge in [0, 0.05) is 0 Å². The molecular formula is C15H20O5. The zero-order valence-electron chi connectivity index (χ0n) is 12.0. The maximum absolute atomic E-state index is 10.4. The van der Waals surface area contributed by atoms with Crippen LogP contribution in [0.1, 0.15) is 32.4 Å². The van der Waals surface area contributed by atoms with Crippen molar-refractivity contribution < 1.29 is 24.1 Å². The minimum atomic E-state index is -1.02. The standard InChI is InChI=1S/C15H20O5/c1-4-17-11-7-5-10(6-8-11)12-13(16)15(3)18-9-14(2,19-12)20-15/h5-8,12-13,16H,4,9H2,1-3H3/t12-,13+,14+,15+/m1/s1. The Hall–Kier alpha value is -1.14. The summed E-state index contributed by atoms with van der Waals surface area (Å²) in [4.78, 5) is 0. The summed E-state index contributed by atoms with van der Waals surface area (Å²) in [5, 5.41) is 10.4. The molecule has 1 N–H and O–H groups in total. The van der Waals surface area contributed by atoms with Gasteiger partial charge in [0.2, 0.25) is 0 Å². The lowest BCUT2D eigenvalue weighted by atomic mass is 9.97. The van der Waals surface area contributed by atoms with Gasteiger partial charge in [0.15, 0.2) is 11.6 Å². The van der Waals surface area contributed by atoms with Crippen LogP contribution in [0.2, 0.25) is 0 Å². The molecule has 3 rings (SSSR count). The minimum Gasteiger partial charge on any atom is -0.494 e. The Morgan fingerprint density at radius 1 is 1.30 bits per heavy atom. The smallest absolute Gasteiger partial charge is 0.197 e. The zero-order valence-corrected chi connectivity index (χ0v) is 12.0. The number of aliphatic hydroxyl groups excluding tert-OH is 1. The van der Waals surface area contributed by atoms with E-state index in [9.17, 15) is 5.11 Å². The molecule has 0 spiro atoms. The lowest BCUT2D eigenvalue weighted by molar-refractivity contribution is -0.359. The van der Waals surface area contributed by atoms with E-state index in [0.29, 0.717) is 13.2 Å². The van der Waals surface area contributed by atoms with E-state index in [1.165, 1.54) is 0 Å². The molecule has 0 amide bonds. The van der Waals surface area contributed by atoms with Crippen molar-refractivity contribution in [2.45, 2.75) is 44.6 Å². The van der Waals surface area contributed by atoms with Crippen LogP contribution in [-0.2, 0) is 14.2 Å². The van der Waals surface area contributed by atoms with Gasteiger partial charge in [-0.3, -0.25) is 0 Å². The van der Waals surface area contributed by atoms with E-state index in [1.807, 2.05) is 38.1 Å². The average Bonchev–Trinajstić information content (AvgIpc) is 2.70. The van der Waals surface area contributed by atoms with Gasteiger partial charge in [-0.1, -0.05) is 12.1 Å². The molecule has 1 aromatic carbocycles. The van der Waals surface area contributed by atoms with E-state index < -0.39 is 23.8 Å². The van der Waals surface area contributed by atoms with E-state index in [2.05, 4.69) is 0 Å². The summed E-state index contributed by atoms with van der Waals surface area (Å²) in [6, 6.07) is 7.54. The molecule has 2 fully saturated rings. The van der Waals surface area contributed by atoms with Gasteiger partial charge < -0.3 is 24.1 Å². The maximum Gasteiger partial charge on any atom is 0.197 e. The number of hydrogen-bond donors (Lipinski definition) is 1. The van der Waals surface area contributed by atoms with Gasteiger partial charge in [0.1, 0.15) is 24.6 Å². The van der Waals surface area contributed by atoms with Gasteiger partial charge in [-0.15, -0.1) is 0 Å². The Balaban J connectivity index is 1.86. The highest BCUT2D eigenvalue weighted by molar-refractivity contribution is 5.30. The third-order valence-electron chi connectivity index (χ3n) is 3.76. The quantitative estimate of drug-likeness (QED) is 0.917. The Kier molecular flexibility index (Phi) is 3.25. The fraction of sp³-hybridized carbons (Fsp3) is 0.600. The van der Waals surface area contributed by atoms with Crippen molar-refractivity contribution in [1.29, 1.82) is 0 Å². The van der Waals surface area contributed by atoms with Crippen molar-refractivity contribution in [2.24, 2.45) is 0 Å². The first-order valence-corrected chi connectivity index (χ1v) is 6.88. The maximum atomic E-state index is 10.4. The number of ether oxygens (including phenoxy) is 4. The predicted octanol–water partition coefficient (Wildman–Crippen LogP) is 2.00. The Morgan fingerprint density at radius 2 is 2.00 bits per heavy atom. The van der Waals surface area contributed by atoms with Crippen LogP contribution in [0.3, 0.4) is 0 Å². The summed E-state index contributed by atoms with van der Waals surface area (Å²) < 4.78 is 22.6. The van der Waals surface area contributed by atoms with Crippen LogP contribution in [0.5, 0.6) is 5.75 Å². The van der Waals surface area contributed by atoms with Crippen molar-refractivity contribution in [3.63, 3.8) is 0 Å². The summed E-state index contributed by atoms with van der Waals surface area (Å²) in [6.45, 7) is 6.45. The van der Waals surface area contributed by atoms with Crippen LogP contribution < -0.4 is 4.74 Å². The Morgan fingerprint density at radius 3 is 2.65 bits per heavy atom. The molecule has 0 unspecified atom stereocenters. The van der Waals surface area contributed by atoms with Crippen LogP contribution in [0.25, 0.3) is 0 Å². The highest BCUT2D eigenvalue weighted by atomic mass is 16.9. The molecule has 0 radical (unpaired) electrons. The molecule has 4 atom stereocenters. The minimum absolute atomic E-state index is 0.314. The summed E-state index contributed by atoms with van der Waals surface area (Å²) in [6.07, 6.45) is -1.35. The Bertz CT molecular complexity index is 488. The first-order valence-electron chi connectivity index (χ1n) is 6.88. The second kappa shape index (κ2) is 4.70. The number of fused-ring (bicyclic) bond motifs is 2. The van der Waals surface area contributed by atoms with Crippen molar-refractivity contribution in [2.75, 3.05) is 13.2 Å². The summed E-state index contributed by atoms with van der Waals surface area (Å²) in [5.41, 5.74) is 0.882. The van der Waals surface area contributed by atoms with Crippen molar-refractivity contribution >= 4 is 0 Å². The molecule has 2 heterocycles. The number of benzene rings is 1. The highest BCUT2D eigenvalue weighted by Gasteiger charge is 2.58. The largest absolute Gasteiger partial charge is 0.494 e. The summed E-state index contributed by atoms with van der Waals surface area (Å²) >= 11 is 0. The van der Waals surface area contributed by atoms with Gasteiger partial charge >= 0.3 is 0 Å². The van der Waals surface area contributed by atoms with E-state index in [4.69, 9.17) is 18.9 Å². The molecule has 5 heteroatoms. The summed E-state index contributed by atoms with van der Waals surface area (Å²) in [5.74, 6) is -1.03. The van der Waals surface area contributed by atoms with E-state index >= 15 is 0 Å². The van der Waals surface area contributed by atoms with Gasteiger partial charge in [-0.25, -0.2) is 0 Å². The van der Waals surface area contributed by atoms with Gasteiger partial charge in [-0.05, 0) is 38.5 Å². The van der Waals surface area contributed by atoms with E-state index in [0.717, 1.165) is 11.3 Å². The van der Waals surface area contributed by atoms with E-state index in [-0.39, 0.29) is 0 Å². The van der Waals surface area contributed by atoms with Crippen LogP contribution in [-0.4, -0.2) is 36.0 Å². The molecule has 5 nitrogen and oxygen atoms in total. The lowest BCUT2D eigenvalue weighted by Crippen LogP contribution is -2.53. The fourth-order valence-electron chi connectivity index (χ4n) is 2.74. The van der Waals surface area contributed by atoms with Gasteiger partial charge in [0.05, 0.1) is 6.61 Å². The average molecular weight is 280 g/mol. The van der Waals surface area contributed by atoms with Gasteiger partial charge in [0.25, 0.3) is 0 Å². The lowest BCUT2D eigenvalue weighted by Gasteiger charge is -2.42. The van der Waals surface area contributed by atoms with Gasteiger partial charge in [-0.2, -0.15) is 0 Å². The normalized spacial score (nSPS) is 39.8. The van der Waals surface area contributed by atoms with Crippen LogP contribution >= 0.6 is 0 Å².